The van der Waals surface area contributed by atoms with Crippen LogP contribution < -0.4 is 5.32 Å². The van der Waals surface area contributed by atoms with E-state index in [2.05, 4.69) is 10.5 Å². The van der Waals surface area contributed by atoms with Crippen LogP contribution in [0.5, 0.6) is 0 Å². The van der Waals surface area contributed by atoms with Crippen LogP contribution >= 0.6 is 0 Å². The highest BCUT2D eigenvalue weighted by Crippen LogP contribution is 2.38. The van der Waals surface area contributed by atoms with E-state index in [0.717, 1.165) is 30.5 Å². The molecule has 1 N–H and O–H groups in total. The van der Waals surface area contributed by atoms with Crippen LogP contribution in [0.4, 0.5) is 0 Å². The smallest absolute Gasteiger partial charge is 0.234 e. The lowest BCUT2D eigenvalue weighted by Crippen LogP contribution is -2.67. The highest BCUT2D eigenvalue weighted by Gasteiger charge is 2.54. The first-order valence-electron chi connectivity index (χ1n) is 7.27. The lowest BCUT2D eigenvalue weighted by atomic mass is 9.74. The molecule has 1 amide bonds. The highest BCUT2D eigenvalue weighted by molar-refractivity contribution is 6.00. The molecule has 0 spiro atoms. The van der Waals surface area contributed by atoms with Gasteiger partial charge in [-0.3, -0.25) is 4.79 Å². The highest BCUT2D eigenvalue weighted by atomic mass is 16.7. The molecule has 1 aliphatic heterocycles. The van der Waals surface area contributed by atoms with Crippen LogP contribution in [-0.2, 0) is 9.63 Å². The van der Waals surface area contributed by atoms with Crippen LogP contribution in [0.2, 0.25) is 0 Å². The lowest BCUT2D eigenvalue weighted by Gasteiger charge is -2.45. The minimum Gasteiger partial charge on any atom is -0.369 e. The summed E-state index contributed by atoms with van der Waals surface area (Å²) in [6.45, 7) is 6.07. The van der Waals surface area contributed by atoms with Crippen molar-refractivity contribution in [3.63, 3.8) is 0 Å². The summed E-state index contributed by atoms with van der Waals surface area (Å²) in [5, 5.41) is 7.06. The summed E-state index contributed by atoms with van der Waals surface area (Å²) < 4.78 is 0. The van der Waals surface area contributed by atoms with Crippen molar-refractivity contribution in [2.24, 2.45) is 10.6 Å². The van der Waals surface area contributed by atoms with Crippen molar-refractivity contribution < 1.29 is 9.63 Å². The summed E-state index contributed by atoms with van der Waals surface area (Å²) in [7, 11) is 0. The third-order valence-corrected chi connectivity index (χ3v) is 4.19. The maximum Gasteiger partial charge on any atom is 0.234 e. The van der Waals surface area contributed by atoms with Gasteiger partial charge in [-0.2, -0.15) is 0 Å². The van der Waals surface area contributed by atoms with E-state index >= 15 is 0 Å². The molecule has 108 valence electrons. The fourth-order valence-corrected chi connectivity index (χ4v) is 2.58. The normalized spacial score (nSPS) is 21.1. The van der Waals surface area contributed by atoms with Crippen LogP contribution in [0.25, 0.3) is 0 Å². The molecular weight excluding hydrogens is 252 g/mol. The molecule has 0 aliphatic carbocycles. The number of hydrogen-bond donors (Lipinski definition) is 1. The zero-order valence-electron chi connectivity index (χ0n) is 12.3. The van der Waals surface area contributed by atoms with Gasteiger partial charge in [0, 0.05) is 0 Å². The second kappa shape index (κ2) is 6.07. The molecule has 1 saturated heterocycles. The maximum atomic E-state index is 11.8. The topological polar surface area (TPSA) is 50.7 Å². The first-order valence-corrected chi connectivity index (χ1v) is 7.27. The second-order valence-corrected chi connectivity index (χ2v) is 5.08. The number of nitrogens with one attached hydrogen (secondary N) is 1. The Morgan fingerprint density at radius 1 is 1.25 bits per heavy atom. The summed E-state index contributed by atoms with van der Waals surface area (Å²) in [5.41, 5.74) is 1.53. The van der Waals surface area contributed by atoms with Gasteiger partial charge in [0.25, 0.3) is 0 Å². The standard InChI is InChI=1S/C16H22N2O2/c1-4-13(12-10-8-7-9-11-12)18-20-15-16(5-2,6-3)14(19)17-15/h7-11,15H,4-6H2,1-3H3,(H,17,19)/b18-13+. The lowest BCUT2D eigenvalue weighted by molar-refractivity contribution is -0.175. The van der Waals surface area contributed by atoms with E-state index in [0.29, 0.717) is 0 Å². The van der Waals surface area contributed by atoms with E-state index in [4.69, 9.17) is 4.84 Å². The molecule has 1 aromatic rings. The molecule has 1 aromatic carbocycles. The summed E-state index contributed by atoms with van der Waals surface area (Å²) in [4.78, 5) is 17.4. The fraction of sp³-hybridized carbons (Fsp3) is 0.500. The van der Waals surface area contributed by atoms with Gasteiger partial charge in [0.1, 0.15) is 5.41 Å². The number of amides is 1. The molecule has 0 saturated carbocycles. The van der Waals surface area contributed by atoms with E-state index < -0.39 is 5.41 Å². The third-order valence-electron chi connectivity index (χ3n) is 4.19. The van der Waals surface area contributed by atoms with Crippen LogP contribution in [0, 0.1) is 5.41 Å². The average molecular weight is 274 g/mol. The number of carbonyl (C=O) groups is 1. The largest absolute Gasteiger partial charge is 0.369 e. The van der Waals surface area contributed by atoms with Crippen molar-refractivity contribution >= 4 is 11.6 Å². The Hall–Kier alpha value is -1.84. The first kappa shape index (κ1) is 14.6. The monoisotopic (exact) mass is 274 g/mol. The molecule has 1 heterocycles. The van der Waals surface area contributed by atoms with Gasteiger partial charge in [0.2, 0.25) is 12.1 Å². The molecule has 0 aromatic heterocycles. The molecule has 1 atom stereocenters. The van der Waals surface area contributed by atoms with Crippen molar-refractivity contribution in [1.29, 1.82) is 0 Å². The van der Waals surface area contributed by atoms with Crippen molar-refractivity contribution in [3.05, 3.63) is 35.9 Å². The molecule has 0 radical (unpaired) electrons. The number of β-lactam (4-membered cyclic amide) rings is 1. The first-order chi connectivity index (χ1) is 9.67. The van der Waals surface area contributed by atoms with Crippen molar-refractivity contribution in [3.8, 4) is 0 Å². The Bertz CT molecular complexity index is 492. The predicted octanol–water partition coefficient (Wildman–Crippen LogP) is 3.08. The van der Waals surface area contributed by atoms with Gasteiger partial charge in [0.15, 0.2) is 0 Å². The second-order valence-electron chi connectivity index (χ2n) is 5.08. The van der Waals surface area contributed by atoms with E-state index in [1.54, 1.807) is 0 Å². The fourth-order valence-electron chi connectivity index (χ4n) is 2.58. The number of carbonyl (C=O) groups excluding carboxylic acids is 1. The van der Waals surface area contributed by atoms with Gasteiger partial charge in [-0.05, 0) is 24.8 Å². The maximum absolute atomic E-state index is 11.8. The molecule has 1 fully saturated rings. The Kier molecular flexibility index (Phi) is 4.42. The van der Waals surface area contributed by atoms with Gasteiger partial charge >= 0.3 is 0 Å². The van der Waals surface area contributed by atoms with Crippen molar-refractivity contribution in [2.45, 2.75) is 46.3 Å². The van der Waals surface area contributed by atoms with Crippen molar-refractivity contribution in [1.82, 2.24) is 5.32 Å². The molecule has 1 aliphatic rings. The summed E-state index contributed by atoms with van der Waals surface area (Å²) in [5.74, 6) is 0.0699. The number of benzene rings is 1. The number of oxime groups is 1. The molecule has 20 heavy (non-hydrogen) atoms. The Morgan fingerprint density at radius 2 is 1.90 bits per heavy atom. The number of hydrogen-bond acceptors (Lipinski definition) is 3. The summed E-state index contributed by atoms with van der Waals surface area (Å²) >= 11 is 0. The minimum atomic E-state index is -0.418. The Morgan fingerprint density at radius 3 is 2.40 bits per heavy atom. The molecule has 2 rings (SSSR count). The van der Waals surface area contributed by atoms with Crippen LogP contribution in [0.1, 0.15) is 45.6 Å². The van der Waals surface area contributed by atoms with Gasteiger partial charge in [-0.1, -0.05) is 56.3 Å². The van der Waals surface area contributed by atoms with E-state index in [1.807, 2.05) is 51.1 Å². The SMILES string of the molecule is CC/C(=N\OC1NC(=O)C1(CC)CC)c1ccccc1. The van der Waals surface area contributed by atoms with Gasteiger partial charge in [-0.25, -0.2) is 0 Å². The molecular formula is C16H22N2O2. The quantitative estimate of drug-likeness (QED) is 0.492. The molecule has 4 heteroatoms. The van der Waals surface area contributed by atoms with Gasteiger partial charge < -0.3 is 10.2 Å². The van der Waals surface area contributed by atoms with Gasteiger partial charge in [-0.15, -0.1) is 0 Å². The van der Waals surface area contributed by atoms with Crippen LogP contribution in [0.15, 0.2) is 35.5 Å². The van der Waals surface area contributed by atoms with Crippen LogP contribution in [-0.4, -0.2) is 17.8 Å². The zero-order valence-corrected chi connectivity index (χ0v) is 12.3. The average Bonchev–Trinajstić information content (AvgIpc) is 2.49. The van der Waals surface area contributed by atoms with E-state index in [-0.39, 0.29) is 12.1 Å². The number of rotatable bonds is 6. The molecule has 1 unspecified atom stereocenters. The molecule has 4 nitrogen and oxygen atoms in total. The summed E-state index contributed by atoms with van der Waals surface area (Å²) in [6, 6.07) is 9.96. The minimum absolute atomic E-state index is 0.0699. The van der Waals surface area contributed by atoms with Crippen LogP contribution in [0.3, 0.4) is 0 Å². The van der Waals surface area contributed by atoms with E-state index in [1.165, 1.54) is 0 Å². The Labute approximate surface area is 120 Å². The zero-order chi connectivity index (χ0) is 14.6. The predicted molar refractivity (Wildman–Crippen MR) is 79.3 cm³/mol. The van der Waals surface area contributed by atoms with E-state index in [9.17, 15) is 4.79 Å². The number of nitrogens with zero attached hydrogens (tertiary/aromatic N) is 1. The van der Waals surface area contributed by atoms with Gasteiger partial charge in [0.05, 0.1) is 5.71 Å². The molecule has 0 bridgehead atoms. The van der Waals surface area contributed by atoms with Crippen molar-refractivity contribution in [2.75, 3.05) is 0 Å². The Balaban J connectivity index is 2.10. The summed E-state index contributed by atoms with van der Waals surface area (Å²) in [6.07, 6.45) is 2.01. The third kappa shape index (κ3) is 2.42.